The minimum atomic E-state index is 0.00486. The number of hydrogen-bond acceptors (Lipinski definition) is 7. The molecule has 2 fully saturated rings. The predicted octanol–water partition coefficient (Wildman–Crippen LogP) is 1.28. The zero-order chi connectivity index (χ0) is 19.3. The molecule has 4 rings (SSSR count). The van der Waals surface area contributed by atoms with Gasteiger partial charge < -0.3 is 24.2 Å². The van der Waals surface area contributed by atoms with Crippen molar-refractivity contribution < 1.29 is 14.3 Å². The van der Waals surface area contributed by atoms with E-state index in [0.29, 0.717) is 24.4 Å². The van der Waals surface area contributed by atoms with E-state index in [0.717, 1.165) is 50.9 Å². The normalized spacial score (nSPS) is 17.5. The van der Waals surface area contributed by atoms with Crippen molar-refractivity contribution in [1.82, 2.24) is 15.1 Å². The van der Waals surface area contributed by atoms with Gasteiger partial charge in [-0.05, 0) is 12.1 Å². The van der Waals surface area contributed by atoms with E-state index in [-0.39, 0.29) is 5.91 Å². The molecule has 0 bridgehead atoms. The van der Waals surface area contributed by atoms with Crippen molar-refractivity contribution in [3.63, 3.8) is 0 Å². The molecular weight excluding hydrogens is 358 g/mol. The van der Waals surface area contributed by atoms with Gasteiger partial charge in [-0.2, -0.15) is 5.10 Å². The third-order valence-electron chi connectivity index (χ3n) is 5.23. The van der Waals surface area contributed by atoms with Gasteiger partial charge in [-0.25, -0.2) is 0 Å². The third-order valence-corrected chi connectivity index (χ3v) is 5.23. The maximum atomic E-state index is 12.9. The summed E-state index contributed by atoms with van der Waals surface area (Å²) in [6, 6.07) is 9.43. The second-order valence-corrected chi connectivity index (χ2v) is 6.85. The molecule has 3 heterocycles. The van der Waals surface area contributed by atoms with Crippen LogP contribution in [0.3, 0.4) is 0 Å². The van der Waals surface area contributed by atoms with Crippen molar-refractivity contribution in [2.24, 2.45) is 0 Å². The Bertz CT molecular complexity index is 817. The highest BCUT2D eigenvalue weighted by Crippen LogP contribution is 2.23. The molecule has 0 atom stereocenters. The van der Waals surface area contributed by atoms with Gasteiger partial charge in [0.25, 0.3) is 5.91 Å². The fraction of sp³-hybridized carbons (Fsp3) is 0.450. The zero-order valence-corrected chi connectivity index (χ0v) is 16.1. The summed E-state index contributed by atoms with van der Waals surface area (Å²) in [7, 11) is 1.59. The summed E-state index contributed by atoms with van der Waals surface area (Å²) in [6.07, 6.45) is 1.80. The number of rotatable bonds is 4. The monoisotopic (exact) mass is 383 g/mol. The van der Waals surface area contributed by atoms with Crippen LogP contribution in [0, 0.1) is 0 Å². The summed E-state index contributed by atoms with van der Waals surface area (Å²) in [5.74, 6) is 1.47. The van der Waals surface area contributed by atoms with E-state index in [1.165, 1.54) is 0 Å². The Hall–Kier alpha value is -2.87. The molecular formula is C20H25N5O3. The number of para-hydroxylation sites is 1. The first kappa shape index (κ1) is 18.5. The number of aromatic nitrogens is 2. The van der Waals surface area contributed by atoms with Crippen LogP contribution < -0.4 is 14.5 Å². The van der Waals surface area contributed by atoms with E-state index in [4.69, 9.17) is 9.47 Å². The number of morpholine rings is 1. The maximum Gasteiger partial charge on any atom is 0.257 e. The number of methoxy groups -OCH3 is 1. The lowest BCUT2D eigenvalue weighted by Crippen LogP contribution is -2.49. The summed E-state index contributed by atoms with van der Waals surface area (Å²) in [5, 5.41) is 8.50. The summed E-state index contributed by atoms with van der Waals surface area (Å²) in [5.41, 5.74) is 1.67. The second kappa shape index (κ2) is 8.43. The average Bonchev–Trinajstić information content (AvgIpc) is 2.79. The Kier molecular flexibility index (Phi) is 5.57. The van der Waals surface area contributed by atoms with Crippen molar-refractivity contribution in [3.8, 4) is 5.75 Å². The lowest BCUT2D eigenvalue weighted by atomic mass is 10.1. The topological polar surface area (TPSA) is 71.0 Å². The molecule has 2 aromatic rings. The van der Waals surface area contributed by atoms with Gasteiger partial charge in [0.05, 0.1) is 37.8 Å². The molecule has 1 aromatic heterocycles. The number of carbonyl (C=O) groups excluding carboxylic acids is 1. The van der Waals surface area contributed by atoms with Gasteiger partial charge in [0.1, 0.15) is 5.75 Å². The lowest BCUT2D eigenvalue weighted by molar-refractivity contribution is 0.0743. The molecule has 0 N–H and O–H groups in total. The lowest BCUT2D eigenvalue weighted by Gasteiger charge is -2.36. The van der Waals surface area contributed by atoms with Crippen LogP contribution in [0.2, 0.25) is 0 Å². The number of carbonyl (C=O) groups is 1. The van der Waals surface area contributed by atoms with Crippen LogP contribution in [0.4, 0.5) is 11.5 Å². The summed E-state index contributed by atoms with van der Waals surface area (Å²) < 4.78 is 10.7. The van der Waals surface area contributed by atoms with Crippen molar-refractivity contribution >= 4 is 17.4 Å². The van der Waals surface area contributed by atoms with E-state index < -0.39 is 0 Å². The fourth-order valence-electron chi connectivity index (χ4n) is 3.62. The van der Waals surface area contributed by atoms with Gasteiger partial charge in [-0.3, -0.25) is 4.79 Å². The van der Waals surface area contributed by atoms with E-state index in [2.05, 4.69) is 26.1 Å². The molecule has 1 aromatic carbocycles. The summed E-state index contributed by atoms with van der Waals surface area (Å²) >= 11 is 0. The number of hydrogen-bond donors (Lipinski definition) is 0. The van der Waals surface area contributed by atoms with Gasteiger partial charge in [-0.1, -0.05) is 12.1 Å². The molecule has 8 heteroatoms. The largest absolute Gasteiger partial charge is 0.496 e. The highest BCUT2D eigenvalue weighted by molar-refractivity contribution is 5.97. The van der Waals surface area contributed by atoms with E-state index in [1.807, 2.05) is 29.2 Å². The van der Waals surface area contributed by atoms with Crippen LogP contribution >= 0.6 is 0 Å². The van der Waals surface area contributed by atoms with Gasteiger partial charge in [0, 0.05) is 45.3 Å². The van der Waals surface area contributed by atoms with E-state index in [9.17, 15) is 4.79 Å². The first-order chi connectivity index (χ1) is 13.8. The van der Waals surface area contributed by atoms with Crippen molar-refractivity contribution in [2.75, 3.05) is 69.4 Å². The minimum Gasteiger partial charge on any atom is -0.496 e. The van der Waals surface area contributed by atoms with Gasteiger partial charge in [0.15, 0.2) is 5.82 Å². The zero-order valence-electron chi connectivity index (χ0n) is 16.1. The summed E-state index contributed by atoms with van der Waals surface area (Å²) in [6.45, 7) is 5.94. The Balaban J connectivity index is 1.41. The SMILES string of the molecule is COc1ccccc1C(=O)N1CCN(c2cc(N3CCOCC3)cnn2)CC1. The van der Waals surface area contributed by atoms with Crippen molar-refractivity contribution in [1.29, 1.82) is 0 Å². The standard InChI is InChI=1S/C20H25N5O3/c1-27-18-5-3-2-4-17(18)20(26)25-8-6-24(7-9-25)19-14-16(15-21-22-19)23-10-12-28-13-11-23/h2-5,14-15H,6-13H2,1H3. The molecule has 0 saturated carbocycles. The number of ether oxygens (including phenoxy) is 2. The van der Waals surface area contributed by atoms with Gasteiger partial charge in [0.2, 0.25) is 0 Å². The number of amides is 1. The van der Waals surface area contributed by atoms with Crippen LogP contribution in [0.25, 0.3) is 0 Å². The fourth-order valence-corrected chi connectivity index (χ4v) is 3.62. The second-order valence-electron chi connectivity index (χ2n) is 6.85. The van der Waals surface area contributed by atoms with E-state index in [1.54, 1.807) is 13.3 Å². The highest BCUT2D eigenvalue weighted by atomic mass is 16.5. The number of benzene rings is 1. The maximum absolute atomic E-state index is 12.9. The minimum absolute atomic E-state index is 0.00486. The molecule has 2 aliphatic rings. The van der Waals surface area contributed by atoms with Crippen LogP contribution in [0.5, 0.6) is 5.75 Å². The van der Waals surface area contributed by atoms with Crippen molar-refractivity contribution in [2.45, 2.75) is 0 Å². The first-order valence-electron chi connectivity index (χ1n) is 9.59. The summed E-state index contributed by atoms with van der Waals surface area (Å²) in [4.78, 5) is 19.2. The Morgan fingerprint density at radius 2 is 1.79 bits per heavy atom. The quantitative estimate of drug-likeness (QED) is 0.788. The predicted molar refractivity (Wildman–Crippen MR) is 106 cm³/mol. The molecule has 2 aliphatic heterocycles. The molecule has 148 valence electrons. The highest BCUT2D eigenvalue weighted by Gasteiger charge is 2.25. The molecule has 0 unspecified atom stereocenters. The Labute approximate surface area is 164 Å². The molecule has 28 heavy (non-hydrogen) atoms. The average molecular weight is 383 g/mol. The smallest absolute Gasteiger partial charge is 0.257 e. The first-order valence-corrected chi connectivity index (χ1v) is 9.59. The van der Waals surface area contributed by atoms with Crippen LogP contribution in [0.15, 0.2) is 36.5 Å². The molecule has 0 aliphatic carbocycles. The molecule has 0 radical (unpaired) electrons. The van der Waals surface area contributed by atoms with Crippen LogP contribution in [0.1, 0.15) is 10.4 Å². The van der Waals surface area contributed by atoms with Crippen LogP contribution in [-0.4, -0.2) is 80.6 Å². The third kappa shape index (κ3) is 3.87. The molecule has 0 spiro atoms. The van der Waals surface area contributed by atoms with Gasteiger partial charge in [-0.15, -0.1) is 5.10 Å². The Morgan fingerprint density at radius 1 is 1.04 bits per heavy atom. The molecule has 8 nitrogen and oxygen atoms in total. The van der Waals surface area contributed by atoms with Crippen molar-refractivity contribution in [3.05, 3.63) is 42.1 Å². The molecule has 1 amide bonds. The van der Waals surface area contributed by atoms with Gasteiger partial charge >= 0.3 is 0 Å². The number of piperazine rings is 1. The number of nitrogens with zero attached hydrogens (tertiary/aromatic N) is 5. The van der Waals surface area contributed by atoms with Crippen LogP contribution in [-0.2, 0) is 4.74 Å². The number of anilines is 2. The molecule has 2 saturated heterocycles. The Morgan fingerprint density at radius 3 is 2.54 bits per heavy atom. The van der Waals surface area contributed by atoms with E-state index >= 15 is 0 Å².